The number of carbonyl (C=O) groups is 2. The van der Waals surface area contributed by atoms with Crippen LogP contribution in [-0.4, -0.2) is 40.4 Å². The summed E-state index contributed by atoms with van der Waals surface area (Å²) in [4.78, 5) is 35.6. The van der Waals surface area contributed by atoms with E-state index < -0.39 is 17.8 Å². The summed E-state index contributed by atoms with van der Waals surface area (Å²) in [6.07, 6.45) is 7.85. The maximum atomic E-state index is 12.6. The molecule has 0 bridgehead atoms. The van der Waals surface area contributed by atoms with E-state index in [2.05, 4.69) is 39.6 Å². The molecule has 7 nitrogen and oxygen atoms in total. The first-order chi connectivity index (χ1) is 17.0. The highest BCUT2D eigenvalue weighted by molar-refractivity contribution is 7.17. The van der Waals surface area contributed by atoms with Gasteiger partial charge in [-0.2, -0.15) is 0 Å². The number of thiophene rings is 1. The van der Waals surface area contributed by atoms with E-state index in [0.29, 0.717) is 17.8 Å². The molecule has 0 radical (unpaired) electrons. The van der Waals surface area contributed by atoms with Crippen molar-refractivity contribution in [1.29, 1.82) is 0 Å². The van der Waals surface area contributed by atoms with Crippen molar-refractivity contribution in [2.24, 2.45) is 0 Å². The van der Waals surface area contributed by atoms with Crippen LogP contribution in [0.15, 0.2) is 78.6 Å². The minimum Gasteiger partial charge on any atom is -0.401 e. The molecular formula is C27H21N3O4S. The summed E-state index contributed by atoms with van der Waals surface area (Å²) in [5.74, 6) is -2.99. The molecule has 1 atom stereocenters. The van der Waals surface area contributed by atoms with Crippen molar-refractivity contribution in [3.05, 3.63) is 95.3 Å². The molecule has 4 heterocycles. The second kappa shape index (κ2) is 8.41. The van der Waals surface area contributed by atoms with Crippen LogP contribution in [0.1, 0.15) is 29.0 Å². The summed E-state index contributed by atoms with van der Waals surface area (Å²) < 4.78 is 13.0. The molecule has 0 saturated heterocycles. The van der Waals surface area contributed by atoms with Crippen LogP contribution in [0.2, 0.25) is 0 Å². The van der Waals surface area contributed by atoms with Crippen molar-refractivity contribution in [3.63, 3.8) is 0 Å². The number of rotatable bonds is 2. The lowest BCUT2D eigenvalue weighted by molar-refractivity contribution is -0.285. The van der Waals surface area contributed by atoms with E-state index in [-0.39, 0.29) is 5.92 Å². The number of esters is 2. The third-order valence-electron chi connectivity index (χ3n) is 6.60. The minimum absolute atomic E-state index is 0.000601. The highest BCUT2D eigenvalue weighted by Crippen LogP contribution is 2.45. The lowest BCUT2D eigenvalue weighted by atomic mass is 9.84. The van der Waals surface area contributed by atoms with Gasteiger partial charge in [0.15, 0.2) is 0 Å². The Kier molecular flexibility index (Phi) is 5.20. The smallest absolute Gasteiger partial charge is 0.349 e. The summed E-state index contributed by atoms with van der Waals surface area (Å²) in [7, 11) is 1.80. The second-order valence-corrected chi connectivity index (χ2v) is 9.58. The Morgan fingerprint density at radius 3 is 2.63 bits per heavy atom. The first-order valence-electron chi connectivity index (χ1n) is 11.3. The van der Waals surface area contributed by atoms with Crippen LogP contribution in [0.25, 0.3) is 21.3 Å². The Hall–Kier alpha value is -3.88. The molecular weight excluding hydrogens is 462 g/mol. The van der Waals surface area contributed by atoms with Gasteiger partial charge in [-0.05, 0) is 59.6 Å². The van der Waals surface area contributed by atoms with Crippen molar-refractivity contribution in [2.75, 3.05) is 13.6 Å². The summed E-state index contributed by atoms with van der Waals surface area (Å²) >= 11 is 1.71. The van der Waals surface area contributed by atoms with E-state index in [1.807, 2.05) is 18.2 Å². The van der Waals surface area contributed by atoms with Crippen molar-refractivity contribution >= 4 is 33.4 Å². The fourth-order valence-corrected chi connectivity index (χ4v) is 5.65. The first-order valence-corrected chi connectivity index (χ1v) is 12.1. The Morgan fingerprint density at radius 1 is 1.03 bits per heavy atom. The largest absolute Gasteiger partial charge is 0.401 e. The predicted molar refractivity (Wildman–Crippen MR) is 131 cm³/mol. The predicted octanol–water partition coefficient (Wildman–Crippen LogP) is 4.59. The van der Waals surface area contributed by atoms with Crippen LogP contribution >= 0.6 is 11.3 Å². The molecule has 2 aliphatic heterocycles. The molecule has 0 amide bonds. The lowest BCUT2D eigenvalue weighted by Crippen LogP contribution is -2.49. The number of carbonyl (C=O) groups excluding carboxylic acids is 2. The molecule has 35 heavy (non-hydrogen) atoms. The number of aromatic nitrogens is 2. The van der Waals surface area contributed by atoms with E-state index in [9.17, 15) is 9.59 Å². The van der Waals surface area contributed by atoms with Gasteiger partial charge in [-0.15, -0.1) is 11.3 Å². The third-order valence-corrected chi connectivity index (χ3v) is 7.49. The average Bonchev–Trinajstić information content (AvgIpc) is 3.25. The van der Waals surface area contributed by atoms with Crippen LogP contribution in [0.3, 0.4) is 0 Å². The normalized spacial score (nSPS) is 19.6. The number of nitrogens with zero attached hydrogens (tertiary/aromatic N) is 3. The molecule has 0 saturated carbocycles. The molecule has 1 unspecified atom stereocenters. The summed E-state index contributed by atoms with van der Waals surface area (Å²) in [6, 6.07) is 14.5. The maximum Gasteiger partial charge on any atom is 0.349 e. The van der Waals surface area contributed by atoms with E-state index in [4.69, 9.17) is 9.47 Å². The van der Waals surface area contributed by atoms with Crippen LogP contribution in [0, 0.1) is 0 Å². The van der Waals surface area contributed by atoms with Gasteiger partial charge in [0.05, 0.1) is 17.5 Å². The van der Waals surface area contributed by atoms with E-state index >= 15 is 0 Å². The van der Waals surface area contributed by atoms with Crippen LogP contribution in [0.5, 0.6) is 0 Å². The molecule has 2 aromatic carbocycles. The van der Waals surface area contributed by atoms with Gasteiger partial charge in [-0.25, -0.2) is 14.5 Å². The number of hydrogen-bond acceptors (Lipinski definition) is 8. The zero-order chi connectivity index (χ0) is 24.0. The van der Waals surface area contributed by atoms with Crippen LogP contribution < -0.4 is 0 Å². The molecule has 174 valence electrons. The van der Waals surface area contributed by atoms with Crippen molar-refractivity contribution in [2.45, 2.75) is 18.2 Å². The van der Waals surface area contributed by atoms with E-state index in [1.54, 1.807) is 41.9 Å². The van der Waals surface area contributed by atoms with E-state index in [1.165, 1.54) is 10.1 Å². The van der Waals surface area contributed by atoms with Gasteiger partial charge in [0.1, 0.15) is 0 Å². The molecule has 6 rings (SSSR count). The van der Waals surface area contributed by atoms with Crippen molar-refractivity contribution in [1.82, 2.24) is 14.9 Å². The lowest BCUT2D eigenvalue weighted by Gasteiger charge is -2.38. The molecule has 4 aromatic rings. The molecule has 0 fully saturated rings. The fraction of sp³-hybridized carbons (Fsp3) is 0.185. The van der Waals surface area contributed by atoms with Crippen molar-refractivity contribution in [3.8, 4) is 11.3 Å². The number of hydrogen-bond donors (Lipinski definition) is 0. The van der Waals surface area contributed by atoms with Gasteiger partial charge in [-0.1, -0.05) is 18.2 Å². The number of benzene rings is 2. The zero-order valence-electron chi connectivity index (χ0n) is 18.9. The van der Waals surface area contributed by atoms with Gasteiger partial charge >= 0.3 is 17.8 Å². The van der Waals surface area contributed by atoms with E-state index in [0.717, 1.165) is 35.3 Å². The van der Waals surface area contributed by atoms with Crippen molar-refractivity contribution < 1.29 is 19.1 Å². The second-order valence-electron chi connectivity index (χ2n) is 8.63. The Labute approximate surface area is 205 Å². The first kappa shape index (κ1) is 21.6. The molecule has 0 N–H and O–H groups in total. The quantitative estimate of drug-likeness (QED) is 0.386. The highest BCUT2D eigenvalue weighted by Gasteiger charge is 2.50. The topological polar surface area (TPSA) is 81.6 Å². The summed E-state index contributed by atoms with van der Waals surface area (Å²) in [5.41, 5.74) is 4.13. The highest BCUT2D eigenvalue weighted by atomic mass is 32.1. The molecule has 2 aliphatic rings. The third kappa shape index (κ3) is 3.71. The maximum absolute atomic E-state index is 12.6. The zero-order valence-corrected chi connectivity index (χ0v) is 19.7. The molecule has 1 spiro atoms. The average molecular weight is 484 g/mol. The molecule has 2 aromatic heterocycles. The monoisotopic (exact) mass is 483 g/mol. The summed E-state index contributed by atoms with van der Waals surface area (Å²) in [6.45, 7) is 0.530. The Morgan fingerprint density at radius 2 is 1.86 bits per heavy atom. The SMILES string of the molecule is CN1CCC(c2ccc3sccc3c2)c2ccc(-c3cnccn3)cc2C12OC(=O)C=CC(=O)O2. The number of fused-ring (bicyclic) bond motifs is 3. The van der Waals surface area contributed by atoms with Gasteiger partial charge in [0, 0.05) is 47.3 Å². The molecule has 8 heteroatoms. The van der Waals surface area contributed by atoms with Gasteiger partial charge in [-0.3, -0.25) is 9.97 Å². The number of ether oxygens (including phenoxy) is 2. The van der Waals surface area contributed by atoms with Gasteiger partial charge in [0.2, 0.25) is 0 Å². The Bertz CT molecular complexity index is 1460. The summed E-state index contributed by atoms with van der Waals surface area (Å²) in [5, 5.41) is 3.28. The van der Waals surface area contributed by atoms with Crippen LogP contribution in [0.4, 0.5) is 0 Å². The Balaban J connectivity index is 1.58. The molecule has 0 aliphatic carbocycles. The minimum atomic E-state index is -1.70. The van der Waals surface area contributed by atoms with Gasteiger partial charge in [0.25, 0.3) is 0 Å². The van der Waals surface area contributed by atoms with Crippen LogP contribution in [-0.2, 0) is 25.0 Å². The standard InChI is InChI=1S/C27H21N3O4S/c1-30-12-8-20(17-3-5-24-19(14-17)9-13-35-24)21-4-2-18(23-16-28-10-11-29-23)15-22(21)27(30)33-25(31)6-7-26(32)34-27/h2-7,9-11,13-16,20H,8,12H2,1H3. The van der Waals surface area contributed by atoms with Gasteiger partial charge < -0.3 is 9.47 Å². The fourth-order valence-electron chi connectivity index (χ4n) is 4.88.